The lowest BCUT2D eigenvalue weighted by molar-refractivity contribution is 0.104. The van der Waals surface area contributed by atoms with E-state index in [0.29, 0.717) is 28.4 Å². The van der Waals surface area contributed by atoms with Crippen molar-refractivity contribution in [2.24, 2.45) is 5.92 Å². The van der Waals surface area contributed by atoms with E-state index in [-0.39, 0.29) is 18.3 Å². The highest BCUT2D eigenvalue weighted by molar-refractivity contribution is 9.10. The van der Waals surface area contributed by atoms with Crippen molar-refractivity contribution in [1.82, 2.24) is 0 Å². The average Bonchev–Trinajstić information content (AvgIpc) is 2.47. The Morgan fingerprint density at radius 3 is 2.87 bits per heavy atom. The summed E-state index contributed by atoms with van der Waals surface area (Å²) in [4.78, 5) is 0. The van der Waals surface area contributed by atoms with Crippen LogP contribution in [0.1, 0.15) is 23.7 Å². The van der Waals surface area contributed by atoms with Crippen LogP contribution in [0.4, 0.5) is 4.39 Å². The van der Waals surface area contributed by atoms with E-state index in [0.717, 1.165) is 0 Å². The van der Waals surface area contributed by atoms with Gasteiger partial charge in [0.25, 0.3) is 0 Å². The maximum absolute atomic E-state index is 13.5. The third-order valence-electron chi connectivity index (χ3n) is 2.93. The molecule has 0 bridgehead atoms. The normalized spacial score (nSPS) is 24.3. The quantitative estimate of drug-likeness (QED) is 0.868. The zero-order valence-electron chi connectivity index (χ0n) is 8.08. The molecule has 0 saturated heterocycles. The van der Waals surface area contributed by atoms with E-state index < -0.39 is 6.10 Å². The van der Waals surface area contributed by atoms with Crippen molar-refractivity contribution in [3.05, 3.63) is 33.5 Å². The smallest absolute Gasteiger partial charge is 0.127 e. The van der Waals surface area contributed by atoms with E-state index in [9.17, 15) is 9.50 Å². The van der Waals surface area contributed by atoms with Gasteiger partial charge < -0.3 is 10.2 Å². The molecule has 0 heterocycles. The van der Waals surface area contributed by atoms with Gasteiger partial charge in [-0.2, -0.15) is 0 Å². The topological polar surface area (TPSA) is 40.5 Å². The summed E-state index contributed by atoms with van der Waals surface area (Å²) < 4.78 is 14.2. The fraction of sp³-hybridized carbons (Fsp3) is 0.455. The molecule has 1 aliphatic rings. The zero-order chi connectivity index (χ0) is 11.0. The molecule has 0 amide bonds. The fourth-order valence-corrected chi connectivity index (χ4v) is 2.60. The summed E-state index contributed by atoms with van der Waals surface area (Å²) in [6.45, 7) is 0.0263. The second-order valence-corrected chi connectivity index (χ2v) is 4.79. The van der Waals surface area contributed by atoms with Crippen LogP contribution in [0.2, 0.25) is 0 Å². The van der Waals surface area contributed by atoms with Gasteiger partial charge in [-0.05, 0) is 42.0 Å². The van der Waals surface area contributed by atoms with E-state index in [1.807, 2.05) is 0 Å². The van der Waals surface area contributed by atoms with Crippen LogP contribution < -0.4 is 0 Å². The first-order valence-corrected chi connectivity index (χ1v) is 5.69. The lowest BCUT2D eigenvalue weighted by atomic mass is 10.0. The molecule has 2 atom stereocenters. The minimum absolute atomic E-state index is 0.0263. The van der Waals surface area contributed by atoms with Gasteiger partial charge >= 0.3 is 0 Å². The number of halogens is 2. The van der Waals surface area contributed by atoms with Crippen LogP contribution in [-0.2, 0) is 6.42 Å². The van der Waals surface area contributed by atoms with E-state index in [1.165, 1.54) is 6.07 Å². The van der Waals surface area contributed by atoms with Crippen LogP contribution in [0.5, 0.6) is 0 Å². The number of hydrogen-bond acceptors (Lipinski definition) is 2. The van der Waals surface area contributed by atoms with E-state index in [1.54, 1.807) is 6.07 Å². The molecule has 0 spiro atoms. The summed E-state index contributed by atoms with van der Waals surface area (Å²) in [5.41, 5.74) is 1.24. The SMILES string of the molecule is OCC[C@H]1Cc2c(F)cc(Br)cc2[C@@H]1O. The van der Waals surface area contributed by atoms with Gasteiger partial charge in [-0.3, -0.25) is 0 Å². The highest BCUT2D eigenvalue weighted by Crippen LogP contribution is 2.40. The number of aliphatic hydroxyl groups excluding tert-OH is 2. The van der Waals surface area contributed by atoms with E-state index in [2.05, 4.69) is 15.9 Å². The zero-order valence-corrected chi connectivity index (χ0v) is 9.67. The Morgan fingerprint density at radius 2 is 2.20 bits per heavy atom. The van der Waals surface area contributed by atoms with Gasteiger partial charge in [0.15, 0.2) is 0 Å². The molecule has 1 aliphatic carbocycles. The van der Waals surface area contributed by atoms with Gasteiger partial charge in [-0.15, -0.1) is 0 Å². The Kier molecular flexibility index (Phi) is 3.09. The van der Waals surface area contributed by atoms with Crippen molar-refractivity contribution >= 4 is 15.9 Å². The van der Waals surface area contributed by atoms with Crippen LogP contribution in [0.15, 0.2) is 16.6 Å². The molecule has 2 rings (SSSR count). The molecule has 2 nitrogen and oxygen atoms in total. The van der Waals surface area contributed by atoms with Crippen LogP contribution in [0.25, 0.3) is 0 Å². The molecule has 0 fully saturated rings. The standard InChI is InChI=1S/C11H12BrFO2/c12-7-4-9-8(10(13)5-7)3-6(1-2-14)11(9)15/h4-6,11,14-15H,1-3H2/t6-,11+/m0/s1. The van der Waals surface area contributed by atoms with Crippen LogP contribution in [-0.4, -0.2) is 16.8 Å². The molecule has 1 aromatic carbocycles. The van der Waals surface area contributed by atoms with E-state index >= 15 is 0 Å². The van der Waals surface area contributed by atoms with Gasteiger partial charge in [-0.1, -0.05) is 15.9 Å². The predicted octanol–water partition coefficient (Wildman–Crippen LogP) is 2.18. The minimum atomic E-state index is -0.654. The minimum Gasteiger partial charge on any atom is -0.396 e. The first-order chi connectivity index (χ1) is 7.13. The summed E-state index contributed by atoms with van der Waals surface area (Å²) in [6.07, 6.45) is 0.363. The van der Waals surface area contributed by atoms with Crippen molar-refractivity contribution in [2.45, 2.75) is 18.9 Å². The summed E-state index contributed by atoms with van der Waals surface area (Å²) in [7, 11) is 0. The molecular weight excluding hydrogens is 263 g/mol. The monoisotopic (exact) mass is 274 g/mol. The van der Waals surface area contributed by atoms with E-state index in [4.69, 9.17) is 5.11 Å². The third-order valence-corrected chi connectivity index (χ3v) is 3.38. The first kappa shape index (κ1) is 11.0. The molecule has 15 heavy (non-hydrogen) atoms. The van der Waals surface area contributed by atoms with Gasteiger partial charge in [0.1, 0.15) is 5.82 Å². The Hall–Kier alpha value is -0.450. The summed E-state index contributed by atoms with van der Waals surface area (Å²) >= 11 is 3.20. The van der Waals surface area contributed by atoms with Gasteiger partial charge in [0.05, 0.1) is 6.10 Å². The number of benzene rings is 1. The Morgan fingerprint density at radius 1 is 1.47 bits per heavy atom. The predicted molar refractivity (Wildman–Crippen MR) is 58.0 cm³/mol. The Balaban J connectivity index is 2.36. The second kappa shape index (κ2) is 4.20. The van der Waals surface area contributed by atoms with Crippen molar-refractivity contribution in [3.63, 3.8) is 0 Å². The number of rotatable bonds is 2. The Bertz CT molecular complexity index is 381. The Labute approximate surface area is 95.9 Å². The molecule has 4 heteroatoms. The van der Waals surface area contributed by atoms with Crippen LogP contribution >= 0.6 is 15.9 Å². The molecule has 0 radical (unpaired) electrons. The average molecular weight is 275 g/mol. The van der Waals surface area contributed by atoms with Crippen LogP contribution in [0, 0.1) is 11.7 Å². The van der Waals surface area contributed by atoms with Gasteiger partial charge in [0.2, 0.25) is 0 Å². The number of aliphatic hydroxyl groups is 2. The summed E-state index contributed by atoms with van der Waals surface area (Å²) in [6, 6.07) is 3.16. The van der Waals surface area contributed by atoms with Crippen molar-refractivity contribution in [1.29, 1.82) is 0 Å². The van der Waals surface area contributed by atoms with Gasteiger partial charge in [0, 0.05) is 11.1 Å². The lowest BCUT2D eigenvalue weighted by Gasteiger charge is -2.12. The highest BCUT2D eigenvalue weighted by Gasteiger charge is 2.32. The highest BCUT2D eigenvalue weighted by atomic mass is 79.9. The molecule has 2 N–H and O–H groups in total. The molecule has 1 aromatic rings. The number of hydrogen-bond donors (Lipinski definition) is 2. The second-order valence-electron chi connectivity index (χ2n) is 3.88. The van der Waals surface area contributed by atoms with Crippen molar-refractivity contribution < 1.29 is 14.6 Å². The lowest BCUT2D eigenvalue weighted by Crippen LogP contribution is -2.08. The maximum Gasteiger partial charge on any atom is 0.127 e. The van der Waals surface area contributed by atoms with Crippen LogP contribution in [0.3, 0.4) is 0 Å². The molecule has 0 aliphatic heterocycles. The number of fused-ring (bicyclic) bond motifs is 1. The molecule has 0 unspecified atom stereocenters. The molecule has 0 aromatic heterocycles. The molecule has 82 valence electrons. The molecule has 0 saturated carbocycles. The maximum atomic E-state index is 13.5. The fourth-order valence-electron chi connectivity index (χ4n) is 2.16. The van der Waals surface area contributed by atoms with Gasteiger partial charge in [-0.25, -0.2) is 4.39 Å². The largest absolute Gasteiger partial charge is 0.396 e. The first-order valence-electron chi connectivity index (χ1n) is 4.90. The third kappa shape index (κ3) is 1.94. The van der Waals surface area contributed by atoms with Crippen molar-refractivity contribution in [3.8, 4) is 0 Å². The summed E-state index contributed by atoms with van der Waals surface area (Å²) in [5, 5.41) is 18.8. The molecular formula is C11H12BrFO2. The summed E-state index contributed by atoms with van der Waals surface area (Å²) in [5.74, 6) is -0.340. The van der Waals surface area contributed by atoms with Crippen molar-refractivity contribution in [2.75, 3.05) is 6.61 Å².